The molecule has 0 aliphatic carbocycles. The predicted octanol–water partition coefficient (Wildman–Crippen LogP) is 1.16. The summed E-state index contributed by atoms with van der Waals surface area (Å²) in [6.45, 7) is 10.1. The first-order valence-corrected chi connectivity index (χ1v) is 7.84. The standard InChI is InChI=1S/C15H31N3O/c1-4-19-12-15(2,11-16)18-9-7-14-13(10-18)6-5-8-17(14)3/h13-14H,4-12,16H2,1-3H3. The molecule has 3 unspecified atom stereocenters. The van der Waals surface area contributed by atoms with Crippen molar-refractivity contribution in [2.45, 2.75) is 44.7 Å². The average Bonchev–Trinajstić information content (AvgIpc) is 2.44. The molecule has 112 valence electrons. The van der Waals surface area contributed by atoms with Gasteiger partial charge in [0.15, 0.2) is 0 Å². The molecule has 19 heavy (non-hydrogen) atoms. The van der Waals surface area contributed by atoms with E-state index in [4.69, 9.17) is 10.5 Å². The molecule has 0 amide bonds. The molecule has 2 aliphatic heterocycles. The van der Waals surface area contributed by atoms with Crippen LogP contribution in [0.4, 0.5) is 0 Å². The second-order valence-corrected chi connectivity index (χ2v) is 6.52. The fraction of sp³-hybridized carbons (Fsp3) is 1.00. The van der Waals surface area contributed by atoms with Gasteiger partial charge < -0.3 is 15.4 Å². The van der Waals surface area contributed by atoms with E-state index < -0.39 is 0 Å². The minimum absolute atomic E-state index is 0.0109. The Morgan fingerprint density at radius 3 is 2.79 bits per heavy atom. The topological polar surface area (TPSA) is 41.7 Å². The van der Waals surface area contributed by atoms with Gasteiger partial charge in [0.2, 0.25) is 0 Å². The lowest BCUT2D eigenvalue weighted by molar-refractivity contribution is -0.0423. The molecule has 2 heterocycles. The highest BCUT2D eigenvalue weighted by molar-refractivity contribution is 4.96. The van der Waals surface area contributed by atoms with E-state index in [9.17, 15) is 0 Å². The first kappa shape index (κ1) is 15.2. The molecule has 4 heteroatoms. The second kappa shape index (κ2) is 6.53. The van der Waals surface area contributed by atoms with Crippen molar-refractivity contribution in [3.8, 4) is 0 Å². The minimum atomic E-state index is 0.0109. The Bertz CT molecular complexity index is 287. The quantitative estimate of drug-likeness (QED) is 0.813. The first-order valence-electron chi connectivity index (χ1n) is 7.84. The number of rotatable bonds is 5. The lowest BCUT2D eigenvalue weighted by atomic mass is 9.82. The number of nitrogens with zero attached hydrogens (tertiary/aromatic N) is 2. The van der Waals surface area contributed by atoms with Crippen LogP contribution < -0.4 is 5.73 Å². The number of ether oxygens (including phenoxy) is 1. The van der Waals surface area contributed by atoms with Crippen molar-refractivity contribution in [2.24, 2.45) is 11.7 Å². The van der Waals surface area contributed by atoms with E-state index >= 15 is 0 Å². The minimum Gasteiger partial charge on any atom is -0.380 e. The number of likely N-dealkylation sites (tertiary alicyclic amines) is 2. The second-order valence-electron chi connectivity index (χ2n) is 6.52. The fourth-order valence-corrected chi connectivity index (χ4v) is 3.74. The zero-order valence-corrected chi connectivity index (χ0v) is 12.9. The normalized spacial score (nSPS) is 32.8. The number of piperidine rings is 2. The van der Waals surface area contributed by atoms with E-state index in [0.717, 1.165) is 31.7 Å². The molecule has 0 saturated carbocycles. The molecular weight excluding hydrogens is 238 g/mol. The monoisotopic (exact) mass is 269 g/mol. The summed E-state index contributed by atoms with van der Waals surface area (Å²) in [6.07, 6.45) is 4.00. The highest BCUT2D eigenvalue weighted by atomic mass is 16.5. The van der Waals surface area contributed by atoms with E-state index in [-0.39, 0.29) is 5.54 Å². The van der Waals surface area contributed by atoms with Gasteiger partial charge in [0.25, 0.3) is 0 Å². The van der Waals surface area contributed by atoms with Crippen molar-refractivity contribution in [2.75, 3.05) is 46.4 Å². The molecular formula is C15H31N3O. The van der Waals surface area contributed by atoms with E-state index in [2.05, 4.69) is 30.7 Å². The Hall–Kier alpha value is -0.160. The Balaban J connectivity index is 1.98. The van der Waals surface area contributed by atoms with Gasteiger partial charge in [0, 0.05) is 32.3 Å². The average molecular weight is 269 g/mol. The van der Waals surface area contributed by atoms with Crippen LogP contribution in [0.1, 0.15) is 33.1 Å². The molecule has 2 saturated heterocycles. The van der Waals surface area contributed by atoms with Gasteiger partial charge in [0.05, 0.1) is 12.1 Å². The summed E-state index contributed by atoms with van der Waals surface area (Å²) < 4.78 is 5.67. The van der Waals surface area contributed by atoms with Crippen LogP contribution in [0.15, 0.2) is 0 Å². The zero-order chi connectivity index (χ0) is 13.9. The van der Waals surface area contributed by atoms with Crippen molar-refractivity contribution in [1.82, 2.24) is 9.80 Å². The third-order valence-corrected chi connectivity index (χ3v) is 5.17. The van der Waals surface area contributed by atoms with Crippen LogP contribution >= 0.6 is 0 Å². The summed E-state index contributed by atoms with van der Waals surface area (Å²) in [6, 6.07) is 0.791. The summed E-state index contributed by atoms with van der Waals surface area (Å²) in [7, 11) is 2.29. The molecule has 2 N–H and O–H groups in total. The van der Waals surface area contributed by atoms with Crippen molar-refractivity contribution in [3.63, 3.8) is 0 Å². The Morgan fingerprint density at radius 1 is 1.32 bits per heavy atom. The van der Waals surface area contributed by atoms with Gasteiger partial charge in [-0.3, -0.25) is 4.90 Å². The Morgan fingerprint density at radius 2 is 2.11 bits per heavy atom. The van der Waals surface area contributed by atoms with Gasteiger partial charge in [-0.2, -0.15) is 0 Å². The van der Waals surface area contributed by atoms with Crippen LogP contribution in [0.3, 0.4) is 0 Å². The molecule has 0 aromatic carbocycles. The number of nitrogens with two attached hydrogens (primary N) is 1. The Labute approximate surface area is 118 Å². The molecule has 0 spiro atoms. The molecule has 0 radical (unpaired) electrons. The largest absolute Gasteiger partial charge is 0.380 e. The van der Waals surface area contributed by atoms with Crippen LogP contribution in [-0.4, -0.2) is 67.8 Å². The number of fused-ring (bicyclic) bond motifs is 1. The summed E-state index contributed by atoms with van der Waals surface area (Å²) in [4.78, 5) is 5.15. The maximum absolute atomic E-state index is 6.04. The third-order valence-electron chi connectivity index (χ3n) is 5.17. The molecule has 0 aromatic rings. The highest BCUT2D eigenvalue weighted by Crippen LogP contribution is 2.32. The molecule has 0 aromatic heterocycles. The highest BCUT2D eigenvalue weighted by Gasteiger charge is 2.40. The fourth-order valence-electron chi connectivity index (χ4n) is 3.74. The van der Waals surface area contributed by atoms with Crippen molar-refractivity contribution < 1.29 is 4.74 Å². The van der Waals surface area contributed by atoms with Crippen molar-refractivity contribution in [3.05, 3.63) is 0 Å². The van der Waals surface area contributed by atoms with E-state index in [1.165, 1.54) is 32.4 Å². The SMILES string of the molecule is CCOCC(C)(CN)N1CCC2C(CCCN2C)C1. The zero-order valence-electron chi connectivity index (χ0n) is 12.9. The third kappa shape index (κ3) is 3.30. The number of hydrogen-bond acceptors (Lipinski definition) is 4. The molecule has 2 aliphatic rings. The van der Waals surface area contributed by atoms with Gasteiger partial charge in [-0.15, -0.1) is 0 Å². The van der Waals surface area contributed by atoms with Gasteiger partial charge >= 0.3 is 0 Å². The lowest BCUT2D eigenvalue weighted by Gasteiger charge is -2.51. The molecule has 4 nitrogen and oxygen atoms in total. The predicted molar refractivity (Wildman–Crippen MR) is 79.3 cm³/mol. The maximum atomic E-state index is 6.04. The van der Waals surface area contributed by atoms with E-state index in [0.29, 0.717) is 6.54 Å². The maximum Gasteiger partial charge on any atom is 0.0659 e. The first-order chi connectivity index (χ1) is 9.10. The summed E-state index contributed by atoms with van der Waals surface area (Å²) >= 11 is 0. The van der Waals surface area contributed by atoms with Gasteiger partial charge in [-0.1, -0.05) is 0 Å². The van der Waals surface area contributed by atoms with Gasteiger partial charge in [-0.25, -0.2) is 0 Å². The summed E-state index contributed by atoms with van der Waals surface area (Å²) in [5, 5.41) is 0. The smallest absolute Gasteiger partial charge is 0.0659 e. The van der Waals surface area contributed by atoms with Crippen LogP contribution in [0.25, 0.3) is 0 Å². The van der Waals surface area contributed by atoms with E-state index in [1.54, 1.807) is 0 Å². The molecule has 2 rings (SSSR count). The van der Waals surface area contributed by atoms with E-state index in [1.807, 2.05) is 0 Å². The van der Waals surface area contributed by atoms with Gasteiger partial charge in [0.1, 0.15) is 0 Å². The van der Waals surface area contributed by atoms with Crippen molar-refractivity contribution in [1.29, 1.82) is 0 Å². The van der Waals surface area contributed by atoms with Gasteiger partial charge in [-0.05, 0) is 52.6 Å². The number of hydrogen-bond donors (Lipinski definition) is 1. The molecule has 3 atom stereocenters. The Kier molecular flexibility index (Phi) is 5.23. The summed E-state index contributed by atoms with van der Waals surface area (Å²) in [5.74, 6) is 0.819. The van der Waals surface area contributed by atoms with Crippen LogP contribution in [0.2, 0.25) is 0 Å². The lowest BCUT2D eigenvalue weighted by Crippen LogP contribution is -2.62. The van der Waals surface area contributed by atoms with Crippen LogP contribution in [0, 0.1) is 5.92 Å². The van der Waals surface area contributed by atoms with Crippen LogP contribution in [-0.2, 0) is 4.74 Å². The van der Waals surface area contributed by atoms with Crippen molar-refractivity contribution >= 4 is 0 Å². The molecule has 0 bridgehead atoms. The molecule has 2 fully saturated rings. The van der Waals surface area contributed by atoms with Crippen LogP contribution in [0.5, 0.6) is 0 Å². The summed E-state index contributed by atoms with van der Waals surface area (Å²) in [5.41, 5.74) is 6.05.